The van der Waals surface area contributed by atoms with E-state index in [1.165, 1.54) is 31.0 Å². The molecule has 0 unspecified atom stereocenters. The van der Waals surface area contributed by atoms with E-state index in [1.807, 2.05) is 0 Å². The normalized spacial score (nSPS) is 21.2. The molecule has 3 amide bonds. The number of esters is 1. The molecule has 2 heterocycles. The number of nitrogens with zero attached hydrogens (tertiary/aromatic N) is 2. The van der Waals surface area contributed by atoms with Gasteiger partial charge in [-0.3, -0.25) is 19.2 Å². The van der Waals surface area contributed by atoms with Crippen LogP contribution in [0.1, 0.15) is 56.8 Å². The number of aromatic nitrogens is 2. The van der Waals surface area contributed by atoms with Crippen LogP contribution in [0.4, 0.5) is 0 Å². The molecule has 11 nitrogen and oxygen atoms in total. The molecular formula is C24H31N5O6S. The van der Waals surface area contributed by atoms with E-state index >= 15 is 0 Å². The molecule has 3 N–H and O–H groups in total. The topological polar surface area (TPSA) is 156 Å². The van der Waals surface area contributed by atoms with Crippen LogP contribution in [-0.4, -0.2) is 56.7 Å². The van der Waals surface area contributed by atoms with Gasteiger partial charge in [-0.25, -0.2) is 14.8 Å². The van der Waals surface area contributed by atoms with Crippen molar-refractivity contribution in [2.75, 3.05) is 5.75 Å². The number of thioether (sulfide) groups is 1. The molecule has 1 aromatic rings. The first kappa shape index (κ1) is 28.7. The minimum absolute atomic E-state index is 0.000928. The summed E-state index contributed by atoms with van der Waals surface area (Å²) in [6, 6.07) is 0.505. The number of fused-ring (bicyclic) bond motifs is 2. The predicted octanol–water partition coefficient (Wildman–Crippen LogP) is 1.41. The SMILES string of the molecule is C/C=C1\NC(=O)c2nccc(n2)CNC(=O)C[C@@H](/C=C/CCSC(C)=O)OC(=O)[C@H](C(C)C)NC1=O. The predicted molar refractivity (Wildman–Crippen MR) is 133 cm³/mol. The van der Waals surface area contributed by atoms with Gasteiger partial charge in [0, 0.05) is 18.9 Å². The summed E-state index contributed by atoms with van der Waals surface area (Å²) in [5, 5.41) is 7.74. The standard InChI is InChI=1S/C24H31N5O6S/c1-5-18-22(32)29-20(14(2)3)24(34)35-17(8-6-7-11-36-15(4)30)12-19(31)26-13-16-9-10-25-21(27-16)23(33)28-18/h5-6,8-10,14,17,20H,7,11-13H2,1-4H3,(H,26,31)(H,28,33)(H,29,32)/b8-6+,18-5-/t17-,20+/m1/s1. The van der Waals surface area contributed by atoms with E-state index in [2.05, 4.69) is 25.9 Å². The number of amides is 3. The lowest BCUT2D eigenvalue weighted by molar-refractivity contribution is -0.153. The monoisotopic (exact) mass is 517 g/mol. The van der Waals surface area contributed by atoms with Crippen LogP contribution in [0, 0.1) is 5.92 Å². The second-order valence-electron chi connectivity index (χ2n) is 8.24. The number of rotatable bonds is 5. The fourth-order valence-corrected chi connectivity index (χ4v) is 3.63. The summed E-state index contributed by atoms with van der Waals surface area (Å²) in [5.74, 6) is -2.50. The molecule has 0 fully saturated rings. The van der Waals surface area contributed by atoms with Crippen molar-refractivity contribution in [2.45, 2.75) is 59.2 Å². The number of carbonyl (C=O) groups excluding carboxylic acids is 5. The summed E-state index contributed by atoms with van der Waals surface area (Å²) in [7, 11) is 0. The van der Waals surface area contributed by atoms with Crippen molar-refractivity contribution in [3.63, 3.8) is 0 Å². The van der Waals surface area contributed by atoms with Crippen molar-refractivity contribution in [3.05, 3.63) is 47.7 Å². The van der Waals surface area contributed by atoms with Gasteiger partial charge in [-0.05, 0) is 31.4 Å². The fraction of sp³-hybridized carbons (Fsp3) is 0.458. The van der Waals surface area contributed by atoms with Gasteiger partial charge in [-0.1, -0.05) is 37.8 Å². The lowest BCUT2D eigenvalue weighted by Crippen LogP contribution is -2.48. The summed E-state index contributed by atoms with van der Waals surface area (Å²) in [6.45, 7) is 6.53. The Labute approximate surface area is 213 Å². The maximum Gasteiger partial charge on any atom is 0.329 e. The minimum atomic E-state index is -1.04. The molecule has 0 saturated heterocycles. The fourth-order valence-electron chi connectivity index (χ4n) is 3.09. The average Bonchev–Trinajstić information content (AvgIpc) is 2.83. The number of hydrogen-bond acceptors (Lipinski definition) is 9. The molecule has 36 heavy (non-hydrogen) atoms. The van der Waals surface area contributed by atoms with Crippen molar-refractivity contribution in [3.8, 4) is 0 Å². The van der Waals surface area contributed by atoms with Crippen LogP contribution in [0.25, 0.3) is 0 Å². The molecule has 1 aliphatic heterocycles. The van der Waals surface area contributed by atoms with Crippen LogP contribution in [0.3, 0.4) is 0 Å². The molecule has 0 aromatic carbocycles. The van der Waals surface area contributed by atoms with Crippen LogP contribution >= 0.6 is 11.8 Å². The Balaban J connectivity index is 2.33. The highest BCUT2D eigenvalue weighted by Crippen LogP contribution is 2.12. The number of carbonyl (C=O) groups is 5. The average molecular weight is 518 g/mol. The first-order chi connectivity index (χ1) is 17.1. The van der Waals surface area contributed by atoms with E-state index in [9.17, 15) is 24.0 Å². The number of cyclic esters (lactones) is 1. The molecule has 1 aromatic heterocycles. The number of ether oxygens (including phenoxy) is 1. The van der Waals surface area contributed by atoms with Gasteiger partial charge in [0.05, 0.1) is 18.7 Å². The van der Waals surface area contributed by atoms with Gasteiger partial charge in [0.15, 0.2) is 5.12 Å². The molecule has 2 atom stereocenters. The van der Waals surface area contributed by atoms with E-state index in [4.69, 9.17) is 4.74 Å². The molecule has 1 aliphatic rings. The third kappa shape index (κ3) is 9.25. The Kier molecular flexibility index (Phi) is 11.3. The summed E-state index contributed by atoms with van der Waals surface area (Å²) >= 11 is 1.17. The second-order valence-corrected chi connectivity index (χ2v) is 9.51. The summed E-state index contributed by atoms with van der Waals surface area (Å²) in [5.41, 5.74) is 0.305. The first-order valence-electron chi connectivity index (χ1n) is 11.5. The van der Waals surface area contributed by atoms with E-state index in [-0.39, 0.29) is 35.5 Å². The Hall–Kier alpha value is -3.54. The van der Waals surface area contributed by atoms with Crippen molar-refractivity contribution >= 4 is 40.6 Å². The van der Waals surface area contributed by atoms with Crippen molar-refractivity contribution in [1.82, 2.24) is 25.9 Å². The molecular weight excluding hydrogens is 486 g/mol. The quantitative estimate of drug-likeness (QED) is 0.227. The molecule has 0 saturated carbocycles. The number of nitrogens with one attached hydrogen (secondary N) is 3. The summed E-state index contributed by atoms with van der Waals surface area (Å²) < 4.78 is 5.60. The highest BCUT2D eigenvalue weighted by molar-refractivity contribution is 8.13. The van der Waals surface area contributed by atoms with Crippen molar-refractivity contribution < 1.29 is 28.7 Å². The molecule has 0 radical (unpaired) electrons. The Morgan fingerprint density at radius 2 is 2.00 bits per heavy atom. The summed E-state index contributed by atoms with van der Waals surface area (Å²) in [6.07, 6.45) is 5.59. The maximum absolute atomic E-state index is 13.0. The first-order valence-corrected chi connectivity index (χ1v) is 12.5. The Morgan fingerprint density at radius 1 is 1.25 bits per heavy atom. The minimum Gasteiger partial charge on any atom is -0.456 e. The van der Waals surface area contributed by atoms with Crippen molar-refractivity contribution in [1.29, 1.82) is 0 Å². The van der Waals surface area contributed by atoms with Crippen LogP contribution < -0.4 is 16.0 Å². The van der Waals surface area contributed by atoms with E-state index in [1.54, 1.807) is 39.0 Å². The van der Waals surface area contributed by atoms with Gasteiger partial charge in [-0.2, -0.15) is 0 Å². The van der Waals surface area contributed by atoms with Gasteiger partial charge in [0.2, 0.25) is 11.7 Å². The second kappa shape index (κ2) is 14.1. The van der Waals surface area contributed by atoms with E-state index < -0.39 is 35.8 Å². The lowest BCUT2D eigenvalue weighted by Gasteiger charge is -2.24. The van der Waals surface area contributed by atoms with Gasteiger partial charge in [-0.15, -0.1) is 0 Å². The molecule has 2 bridgehead atoms. The van der Waals surface area contributed by atoms with Crippen LogP contribution in [0.2, 0.25) is 0 Å². The maximum atomic E-state index is 13.0. The lowest BCUT2D eigenvalue weighted by atomic mass is 10.0. The summed E-state index contributed by atoms with van der Waals surface area (Å²) in [4.78, 5) is 70.2. The number of allylic oxidation sites excluding steroid dienone is 2. The zero-order valence-corrected chi connectivity index (χ0v) is 21.5. The molecule has 0 spiro atoms. The highest BCUT2D eigenvalue weighted by Gasteiger charge is 2.30. The third-order valence-corrected chi connectivity index (χ3v) is 5.81. The van der Waals surface area contributed by atoms with Gasteiger partial charge in [0.25, 0.3) is 11.8 Å². The van der Waals surface area contributed by atoms with Crippen LogP contribution in [0.15, 0.2) is 36.2 Å². The third-order valence-electron chi connectivity index (χ3n) is 4.97. The molecule has 0 aliphatic carbocycles. The van der Waals surface area contributed by atoms with E-state index in [0.717, 1.165) is 0 Å². The van der Waals surface area contributed by atoms with Crippen LogP contribution in [-0.2, 0) is 30.5 Å². The van der Waals surface area contributed by atoms with Crippen molar-refractivity contribution in [2.24, 2.45) is 5.92 Å². The Morgan fingerprint density at radius 3 is 2.67 bits per heavy atom. The molecule has 2 rings (SSSR count). The largest absolute Gasteiger partial charge is 0.456 e. The van der Waals surface area contributed by atoms with Gasteiger partial charge >= 0.3 is 5.97 Å². The highest BCUT2D eigenvalue weighted by atomic mass is 32.2. The smallest absolute Gasteiger partial charge is 0.329 e. The van der Waals surface area contributed by atoms with Gasteiger partial charge in [0.1, 0.15) is 17.8 Å². The zero-order chi connectivity index (χ0) is 26.7. The zero-order valence-electron chi connectivity index (χ0n) is 20.7. The van der Waals surface area contributed by atoms with E-state index in [0.29, 0.717) is 17.9 Å². The molecule has 12 heteroatoms. The van der Waals surface area contributed by atoms with Crippen LogP contribution in [0.5, 0.6) is 0 Å². The Bertz CT molecular complexity index is 1060. The number of hydrogen-bond donors (Lipinski definition) is 3. The molecule has 194 valence electrons. The van der Waals surface area contributed by atoms with Gasteiger partial charge < -0.3 is 20.7 Å².